The number of allylic oxidation sites excluding steroid dienone is 1. The smallest absolute Gasteiger partial charge is 0.319 e. The highest BCUT2D eigenvalue weighted by molar-refractivity contribution is 7.10. The van der Waals surface area contributed by atoms with Crippen molar-refractivity contribution >= 4 is 28.8 Å². The number of carbonyl (C=O) groups excluding carboxylic acids is 1. The van der Waals surface area contributed by atoms with Crippen molar-refractivity contribution in [3.05, 3.63) is 51.6 Å². The number of halogens is 1. The molecule has 0 radical (unpaired) electrons. The van der Waals surface area contributed by atoms with Gasteiger partial charge in [-0.15, -0.1) is 11.3 Å². The van der Waals surface area contributed by atoms with E-state index in [1.165, 1.54) is 17.0 Å². The van der Waals surface area contributed by atoms with Gasteiger partial charge >= 0.3 is 6.03 Å². The minimum atomic E-state index is -0.499. The minimum Gasteiger partial charge on any atom is -0.488 e. The second kappa shape index (κ2) is 7.81. The number of fused-ring (bicyclic) bond motifs is 1. The molecule has 2 aliphatic heterocycles. The molecule has 1 fully saturated rings. The first kappa shape index (κ1) is 18.8. The fraction of sp³-hybridized carbons (Fsp3) is 0.350. The zero-order valence-corrected chi connectivity index (χ0v) is 16.4. The molecule has 0 saturated carbocycles. The monoisotopic (exact) mass is 402 g/mol. The van der Waals surface area contributed by atoms with Gasteiger partial charge in [0.15, 0.2) is 0 Å². The number of amides is 2. The molecule has 1 aromatic carbocycles. The van der Waals surface area contributed by atoms with E-state index in [4.69, 9.17) is 10.5 Å². The Kier molecular flexibility index (Phi) is 5.23. The molecule has 1 saturated heterocycles. The quantitative estimate of drug-likeness (QED) is 0.728. The molecule has 0 aliphatic carbocycles. The topological polar surface area (TPSA) is 79.6 Å². The summed E-state index contributed by atoms with van der Waals surface area (Å²) in [7, 11) is 0. The molecular weight excluding hydrogens is 379 g/mol. The van der Waals surface area contributed by atoms with Gasteiger partial charge in [0.05, 0.1) is 17.9 Å². The number of piperidine rings is 1. The highest BCUT2D eigenvalue weighted by Crippen LogP contribution is 2.38. The van der Waals surface area contributed by atoms with Crippen LogP contribution in [0.1, 0.15) is 30.2 Å². The standard InChI is InChI=1S/C20H23FN4O2S/c1-12-19(15-6-9-28-18(15)11-25(12)20(22)26)24-16-3-2-13(21)10-17(16)27-14-4-7-23-8-5-14/h2-3,6,9-10,14,23-24H,4-5,7-8,11H2,1H3,(H2,22,26). The van der Waals surface area contributed by atoms with Gasteiger partial charge in [-0.25, -0.2) is 9.18 Å². The maximum Gasteiger partial charge on any atom is 0.319 e. The third-order valence-electron chi connectivity index (χ3n) is 5.13. The number of hydrogen-bond donors (Lipinski definition) is 3. The second-order valence-corrected chi connectivity index (χ2v) is 7.98. The Morgan fingerprint density at radius 2 is 2.14 bits per heavy atom. The number of thiophene rings is 1. The summed E-state index contributed by atoms with van der Waals surface area (Å²) >= 11 is 1.58. The van der Waals surface area contributed by atoms with E-state index in [0.29, 0.717) is 18.0 Å². The van der Waals surface area contributed by atoms with Crippen LogP contribution in [0.2, 0.25) is 0 Å². The summed E-state index contributed by atoms with van der Waals surface area (Å²) in [6, 6.07) is 5.99. The highest BCUT2D eigenvalue weighted by Gasteiger charge is 2.27. The first-order valence-electron chi connectivity index (χ1n) is 9.31. The Morgan fingerprint density at radius 1 is 1.36 bits per heavy atom. The number of benzene rings is 1. The molecule has 6 nitrogen and oxygen atoms in total. The largest absolute Gasteiger partial charge is 0.488 e. The lowest BCUT2D eigenvalue weighted by atomic mass is 10.1. The zero-order valence-electron chi connectivity index (χ0n) is 15.6. The maximum absolute atomic E-state index is 13.9. The number of primary amides is 1. The average Bonchev–Trinajstić information content (AvgIpc) is 3.14. The lowest BCUT2D eigenvalue weighted by Crippen LogP contribution is -2.37. The van der Waals surface area contributed by atoms with E-state index in [9.17, 15) is 9.18 Å². The van der Waals surface area contributed by atoms with Crippen molar-refractivity contribution in [3.63, 3.8) is 0 Å². The molecule has 3 heterocycles. The maximum atomic E-state index is 13.9. The summed E-state index contributed by atoms with van der Waals surface area (Å²) in [4.78, 5) is 14.5. The van der Waals surface area contributed by atoms with Gasteiger partial charge in [0.2, 0.25) is 0 Å². The van der Waals surface area contributed by atoms with Crippen LogP contribution in [0, 0.1) is 5.82 Å². The summed E-state index contributed by atoms with van der Waals surface area (Å²) in [6.45, 7) is 4.09. The van der Waals surface area contributed by atoms with Crippen molar-refractivity contribution in [2.45, 2.75) is 32.4 Å². The first-order chi connectivity index (χ1) is 13.5. The van der Waals surface area contributed by atoms with Crippen molar-refractivity contribution in [1.82, 2.24) is 10.2 Å². The van der Waals surface area contributed by atoms with Crippen molar-refractivity contribution < 1.29 is 13.9 Å². The molecule has 2 amide bonds. The summed E-state index contributed by atoms with van der Waals surface area (Å²) in [6.07, 6.45) is 1.80. The molecule has 2 aliphatic rings. The van der Waals surface area contributed by atoms with Crippen LogP contribution in [0.3, 0.4) is 0 Å². The van der Waals surface area contributed by atoms with Crippen molar-refractivity contribution in [2.75, 3.05) is 18.4 Å². The number of ether oxygens (including phenoxy) is 1. The molecule has 28 heavy (non-hydrogen) atoms. The lowest BCUT2D eigenvalue weighted by molar-refractivity contribution is 0.163. The number of urea groups is 1. The molecule has 1 aromatic heterocycles. The van der Waals surface area contributed by atoms with E-state index in [1.54, 1.807) is 17.4 Å². The Balaban J connectivity index is 1.67. The number of rotatable bonds is 4. The molecule has 4 rings (SSSR count). The minimum absolute atomic E-state index is 0.0452. The van der Waals surface area contributed by atoms with Crippen LogP contribution in [0.5, 0.6) is 5.75 Å². The molecule has 0 bridgehead atoms. The van der Waals surface area contributed by atoms with Gasteiger partial charge in [0.25, 0.3) is 0 Å². The van der Waals surface area contributed by atoms with Gasteiger partial charge in [0.1, 0.15) is 17.7 Å². The van der Waals surface area contributed by atoms with Crippen LogP contribution in [0.4, 0.5) is 14.9 Å². The van der Waals surface area contributed by atoms with Crippen LogP contribution in [-0.4, -0.2) is 30.1 Å². The van der Waals surface area contributed by atoms with Gasteiger partial charge in [-0.05, 0) is 56.4 Å². The molecule has 0 unspecified atom stereocenters. The third kappa shape index (κ3) is 3.70. The normalized spacial score (nSPS) is 17.4. The van der Waals surface area contributed by atoms with Crippen molar-refractivity contribution in [2.24, 2.45) is 5.73 Å². The predicted octanol–water partition coefficient (Wildman–Crippen LogP) is 3.71. The number of hydrogen-bond acceptors (Lipinski definition) is 5. The van der Waals surface area contributed by atoms with E-state index in [2.05, 4.69) is 10.6 Å². The third-order valence-corrected chi connectivity index (χ3v) is 6.04. The lowest BCUT2D eigenvalue weighted by Gasteiger charge is -2.30. The van der Waals surface area contributed by atoms with E-state index in [0.717, 1.165) is 47.8 Å². The van der Waals surface area contributed by atoms with Crippen LogP contribution >= 0.6 is 11.3 Å². The Labute approximate surface area is 167 Å². The average molecular weight is 402 g/mol. The van der Waals surface area contributed by atoms with Crippen molar-refractivity contribution in [3.8, 4) is 5.75 Å². The van der Waals surface area contributed by atoms with E-state index >= 15 is 0 Å². The number of anilines is 1. The summed E-state index contributed by atoms with van der Waals surface area (Å²) in [5, 5.41) is 8.66. The molecule has 4 N–H and O–H groups in total. The number of nitrogens with one attached hydrogen (secondary N) is 2. The van der Waals surface area contributed by atoms with Crippen LogP contribution in [0.25, 0.3) is 5.70 Å². The fourth-order valence-corrected chi connectivity index (χ4v) is 4.47. The van der Waals surface area contributed by atoms with Gasteiger partial charge in [-0.2, -0.15) is 0 Å². The Hall–Kier alpha value is -2.58. The van der Waals surface area contributed by atoms with Crippen LogP contribution in [0.15, 0.2) is 35.3 Å². The van der Waals surface area contributed by atoms with E-state index < -0.39 is 6.03 Å². The molecule has 2 aromatic rings. The SMILES string of the molecule is CC1=C(Nc2ccc(F)cc2OC2CCNCC2)c2ccsc2CN1C(N)=O. The zero-order chi connectivity index (χ0) is 19.7. The first-order valence-corrected chi connectivity index (χ1v) is 10.2. The highest BCUT2D eigenvalue weighted by atomic mass is 32.1. The van der Waals surface area contributed by atoms with Crippen LogP contribution in [-0.2, 0) is 6.54 Å². The molecular formula is C20H23FN4O2S. The van der Waals surface area contributed by atoms with E-state index in [-0.39, 0.29) is 11.9 Å². The molecule has 0 atom stereocenters. The van der Waals surface area contributed by atoms with Gasteiger partial charge < -0.3 is 21.1 Å². The summed E-state index contributed by atoms with van der Waals surface area (Å²) in [5.74, 6) is 0.124. The van der Waals surface area contributed by atoms with Gasteiger partial charge in [-0.3, -0.25) is 4.90 Å². The number of nitrogens with two attached hydrogens (primary N) is 1. The molecule has 8 heteroatoms. The molecule has 148 valence electrons. The number of nitrogens with zero attached hydrogens (tertiary/aromatic N) is 1. The fourth-order valence-electron chi connectivity index (χ4n) is 3.60. The van der Waals surface area contributed by atoms with Gasteiger partial charge in [-0.1, -0.05) is 0 Å². The molecule has 0 spiro atoms. The van der Waals surface area contributed by atoms with Crippen molar-refractivity contribution in [1.29, 1.82) is 0 Å². The summed E-state index contributed by atoms with van der Waals surface area (Å²) in [5.41, 5.74) is 8.76. The van der Waals surface area contributed by atoms with Gasteiger partial charge in [0, 0.05) is 22.2 Å². The Morgan fingerprint density at radius 3 is 2.89 bits per heavy atom. The van der Waals surface area contributed by atoms with Crippen LogP contribution < -0.4 is 21.1 Å². The summed E-state index contributed by atoms with van der Waals surface area (Å²) < 4.78 is 20.0. The van der Waals surface area contributed by atoms with E-state index in [1.807, 2.05) is 18.4 Å². The number of carbonyl (C=O) groups is 1. The Bertz CT molecular complexity index is 921. The second-order valence-electron chi connectivity index (χ2n) is 6.97. The predicted molar refractivity (Wildman–Crippen MR) is 109 cm³/mol.